The van der Waals surface area contributed by atoms with E-state index in [4.69, 9.17) is 10.7 Å². The zero-order chi connectivity index (χ0) is 22.1. The van der Waals surface area contributed by atoms with Crippen LogP contribution in [-0.4, -0.2) is 15.5 Å². The van der Waals surface area contributed by atoms with Crippen molar-refractivity contribution in [3.63, 3.8) is 0 Å². The summed E-state index contributed by atoms with van der Waals surface area (Å²) in [5.74, 6) is -0.0685. The van der Waals surface area contributed by atoms with Gasteiger partial charge in [-0.25, -0.2) is 4.98 Å². The average molecular weight is 432 g/mol. The Kier molecular flexibility index (Phi) is 5.74. The molecule has 0 spiro atoms. The van der Waals surface area contributed by atoms with E-state index in [0.29, 0.717) is 22.5 Å². The maximum Gasteiger partial charge on any atom is 0.263 e. The third kappa shape index (κ3) is 3.79. The molecule has 5 nitrogen and oxygen atoms in total. The molecule has 4 rings (SSSR count). The van der Waals surface area contributed by atoms with Gasteiger partial charge in [-0.3, -0.25) is 14.2 Å². The van der Waals surface area contributed by atoms with Gasteiger partial charge in [0.05, 0.1) is 5.39 Å². The lowest BCUT2D eigenvalue weighted by atomic mass is 10.0. The van der Waals surface area contributed by atoms with Crippen molar-refractivity contribution in [3.05, 3.63) is 75.4 Å². The van der Waals surface area contributed by atoms with Gasteiger partial charge in [0, 0.05) is 16.5 Å². The van der Waals surface area contributed by atoms with Crippen LogP contribution in [0.5, 0.6) is 0 Å². The Hall–Kier alpha value is -3.25. The molecule has 31 heavy (non-hydrogen) atoms. The zero-order valence-corrected chi connectivity index (χ0v) is 18.7. The summed E-state index contributed by atoms with van der Waals surface area (Å²) in [6.07, 6.45) is 1.36. The number of thiophene rings is 1. The molecule has 0 radical (unpaired) electrons. The predicted molar refractivity (Wildman–Crippen MR) is 127 cm³/mol. The van der Waals surface area contributed by atoms with Gasteiger partial charge in [0.2, 0.25) is 5.91 Å². The number of hydrogen-bond acceptors (Lipinski definition) is 4. The fraction of sp³-hybridized carbons (Fsp3) is 0.240. The molecule has 2 N–H and O–H groups in total. The highest BCUT2D eigenvalue weighted by atomic mass is 32.1. The maximum absolute atomic E-state index is 13.8. The molecule has 2 aromatic carbocycles. The van der Waals surface area contributed by atoms with Crippen LogP contribution < -0.4 is 11.3 Å². The van der Waals surface area contributed by atoms with E-state index >= 15 is 0 Å². The van der Waals surface area contributed by atoms with Crippen molar-refractivity contribution in [3.8, 4) is 22.5 Å². The molecule has 0 aliphatic heterocycles. The molecule has 0 bridgehead atoms. The molecule has 4 aromatic rings. The molecule has 0 saturated heterocycles. The summed E-state index contributed by atoms with van der Waals surface area (Å²) < 4.78 is 1.48. The van der Waals surface area contributed by atoms with Crippen LogP contribution in [0.3, 0.4) is 0 Å². The van der Waals surface area contributed by atoms with Crippen molar-refractivity contribution in [1.82, 2.24) is 9.55 Å². The van der Waals surface area contributed by atoms with Crippen LogP contribution in [0.25, 0.3) is 32.7 Å². The number of fused-ring (bicyclic) bond motifs is 1. The van der Waals surface area contributed by atoms with Gasteiger partial charge in [-0.2, -0.15) is 0 Å². The molecule has 0 saturated carbocycles. The largest absolute Gasteiger partial charge is 0.368 e. The summed E-state index contributed by atoms with van der Waals surface area (Å²) in [5.41, 5.74) is 10.4. The Morgan fingerprint density at radius 1 is 1.06 bits per heavy atom. The summed E-state index contributed by atoms with van der Waals surface area (Å²) >= 11 is 1.44. The minimum absolute atomic E-state index is 0.234. The van der Waals surface area contributed by atoms with Gasteiger partial charge in [-0.15, -0.1) is 11.3 Å². The quantitative estimate of drug-likeness (QED) is 0.461. The highest BCUT2D eigenvalue weighted by Gasteiger charge is 2.25. The van der Waals surface area contributed by atoms with Crippen molar-refractivity contribution >= 4 is 27.5 Å². The van der Waals surface area contributed by atoms with Crippen molar-refractivity contribution < 1.29 is 4.79 Å². The van der Waals surface area contributed by atoms with Crippen LogP contribution >= 0.6 is 11.3 Å². The molecule has 6 heteroatoms. The molecule has 2 aromatic heterocycles. The van der Waals surface area contributed by atoms with E-state index in [9.17, 15) is 9.59 Å². The van der Waals surface area contributed by atoms with Crippen molar-refractivity contribution in [2.75, 3.05) is 0 Å². The Morgan fingerprint density at radius 3 is 2.29 bits per heavy atom. The third-order valence-corrected chi connectivity index (χ3v) is 6.52. The third-order valence-electron chi connectivity index (χ3n) is 5.65. The summed E-state index contributed by atoms with van der Waals surface area (Å²) in [4.78, 5) is 31.6. The van der Waals surface area contributed by atoms with Gasteiger partial charge in [-0.1, -0.05) is 67.9 Å². The van der Waals surface area contributed by atoms with Gasteiger partial charge < -0.3 is 5.73 Å². The highest BCUT2D eigenvalue weighted by Crippen LogP contribution is 2.33. The molecular weight excluding hydrogens is 406 g/mol. The van der Waals surface area contributed by atoms with Crippen LogP contribution in [0, 0.1) is 6.92 Å². The lowest BCUT2D eigenvalue weighted by Gasteiger charge is -2.19. The number of carbonyl (C=O) groups is 1. The smallest absolute Gasteiger partial charge is 0.263 e. The second-order valence-corrected chi connectivity index (χ2v) is 8.54. The highest BCUT2D eigenvalue weighted by molar-refractivity contribution is 7.17. The first-order valence-electron chi connectivity index (χ1n) is 10.4. The number of primary amides is 1. The predicted octanol–water partition coefficient (Wildman–Crippen LogP) is 5.10. The lowest BCUT2D eigenvalue weighted by molar-refractivity contribution is -0.121. The van der Waals surface area contributed by atoms with E-state index in [1.54, 1.807) is 0 Å². The second-order valence-electron chi connectivity index (χ2n) is 7.68. The summed E-state index contributed by atoms with van der Waals surface area (Å²) in [6, 6.07) is 15.2. The number of aromatic nitrogens is 2. The van der Waals surface area contributed by atoms with Crippen LogP contribution in [0.4, 0.5) is 0 Å². The molecule has 1 amide bonds. The first-order valence-corrected chi connectivity index (χ1v) is 11.3. The topological polar surface area (TPSA) is 78.0 Å². The van der Waals surface area contributed by atoms with Gasteiger partial charge in [0.15, 0.2) is 0 Å². The minimum Gasteiger partial charge on any atom is -0.368 e. The van der Waals surface area contributed by atoms with Crippen LogP contribution in [-0.2, 0) is 11.2 Å². The van der Waals surface area contributed by atoms with Crippen molar-refractivity contribution in [2.24, 2.45) is 5.73 Å². The van der Waals surface area contributed by atoms with E-state index in [1.165, 1.54) is 21.5 Å². The Balaban J connectivity index is 2.02. The van der Waals surface area contributed by atoms with Crippen molar-refractivity contribution in [1.29, 1.82) is 0 Å². The molecule has 1 unspecified atom stereocenters. The van der Waals surface area contributed by atoms with Gasteiger partial charge in [0.25, 0.3) is 5.56 Å². The maximum atomic E-state index is 13.8. The average Bonchev–Trinajstić information content (AvgIpc) is 3.20. The fourth-order valence-electron chi connectivity index (χ4n) is 3.84. The number of nitrogens with zero attached hydrogens (tertiary/aromatic N) is 2. The molecule has 2 heterocycles. The van der Waals surface area contributed by atoms with Gasteiger partial charge >= 0.3 is 0 Å². The standard InChI is InChI=1S/C25H25N3O2S/c1-4-16-8-12-17(13-9-16)19-14-31-24-21(19)25(30)28(20(5-2)22(26)29)23(27-24)18-10-6-15(3)7-11-18/h6-14,20H,4-5H2,1-3H3,(H2,26,29). The minimum atomic E-state index is -0.768. The van der Waals surface area contributed by atoms with E-state index in [0.717, 1.165) is 28.7 Å². The van der Waals surface area contributed by atoms with E-state index < -0.39 is 11.9 Å². The van der Waals surface area contributed by atoms with Gasteiger partial charge in [0.1, 0.15) is 16.7 Å². The van der Waals surface area contributed by atoms with E-state index in [2.05, 4.69) is 19.1 Å². The Morgan fingerprint density at radius 2 is 1.71 bits per heavy atom. The van der Waals surface area contributed by atoms with Crippen LogP contribution in [0.1, 0.15) is 37.4 Å². The number of aryl methyl sites for hydroxylation is 2. The molecule has 0 aliphatic carbocycles. The normalized spacial score (nSPS) is 12.2. The summed E-state index contributed by atoms with van der Waals surface area (Å²) in [5, 5.41) is 2.50. The number of carbonyl (C=O) groups excluding carboxylic acids is 1. The molecule has 1 atom stereocenters. The van der Waals surface area contributed by atoms with Crippen LogP contribution in [0.2, 0.25) is 0 Å². The zero-order valence-electron chi connectivity index (χ0n) is 17.9. The summed E-state index contributed by atoms with van der Waals surface area (Å²) in [6.45, 7) is 5.96. The Bertz CT molecular complexity index is 1300. The number of amides is 1. The Labute approximate surface area is 185 Å². The first kappa shape index (κ1) is 21.0. The fourth-order valence-corrected chi connectivity index (χ4v) is 4.78. The van der Waals surface area contributed by atoms with Crippen LogP contribution in [0.15, 0.2) is 58.7 Å². The number of rotatable bonds is 6. The van der Waals surface area contributed by atoms with E-state index in [1.807, 2.05) is 55.6 Å². The van der Waals surface area contributed by atoms with Gasteiger partial charge in [-0.05, 0) is 30.9 Å². The lowest BCUT2D eigenvalue weighted by Crippen LogP contribution is -2.35. The number of benzene rings is 2. The molecule has 0 aliphatic rings. The van der Waals surface area contributed by atoms with E-state index in [-0.39, 0.29) is 5.56 Å². The monoisotopic (exact) mass is 431 g/mol. The molecule has 0 fully saturated rings. The SMILES string of the molecule is CCc1ccc(-c2csc3nc(-c4ccc(C)cc4)n(C(CC)C(N)=O)c(=O)c23)cc1. The first-order chi connectivity index (χ1) is 14.9. The second kappa shape index (κ2) is 8.47. The van der Waals surface area contributed by atoms with Crippen molar-refractivity contribution in [2.45, 2.75) is 39.7 Å². The number of nitrogens with two attached hydrogens (primary N) is 1. The molecule has 158 valence electrons. The summed E-state index contributed by atoms with van der Waals surface area (Å²) in [7, 11) is 0. The molecular formula is C25H25N3O2S. The number of hydrogen-bond donors (Lipinski definition) is 1.